The smallest absolute Gasteiger partial charge is 0.420 e. The van der Waals surface area contributed by atoms with Gasteiger partial charge in [0, 0.05) is 38.8 Å². The van der Waals surface area contributed by atoms with Crippen molar-refractivity contribution in [3.63, 3.8) is 0 Å². The van der Waals surface area contributed by atoms with Gasteiger partial charge in [-0.25, -0.2) is 4.79 Å². The second-order valence-electron chi connectivity index (χ2n) is 8.92. The Hall–Kier alpha value is -4.59. The average Bonchev–Trinajstić information content (AvgIpc) is 2.92. The molecule has 2 aromatic carbocycles. The molecule has 0 bridgehead atoms. The number of H-pyrrole nitrogens is 2. The number of rotatable bonds is 8. The number of amides is 2. The van der Waals surface area contributed by atoms with Gasteiger partial charge in [-0.15, -0.1) is 0 Å². The van der Waals surface area contributed by atoms with E-state index in [4.69, 9.17) is 14.2 Å². The van der Waals surface area contributed by atoms with Gasteiger partial charge in [0.25, 0.3) is 11.5 Å². The third kappa shape index (κ3) is 6.51. The quantitative estimate of drug-likeness (QED) is 0.329. The number of halogens is 3. The number of benzene rings is 2. The van der Waals surface area contributed by atoms with Gasteiger partial charge < -0.3 is 29.8 Å². The molecule has 4 N–H and O–H groups in total. The Bertz CT molecular complexity index is 1490. The Labute approximate surface area is 224 Å². The van der Waals surface area contributed by atoms with E-state index in [1.165, 1.54) is 31.4 Å². The molecule has 14 heteroatoms. The lowest BCUT2D eigenvalue weighted by atomic mass is 9.88. The highest BCUT2D eigenvalue weighted by Gasteiger charge is 2.42. The molecule has 11 nitrogen and oxygen atoms in total. The van der Waals surface area contributed by atoms with Gasteiger partial charge >= 0.3 is 11.9 Å². The lowest BCUT2D eigenvalue weighted by molar-refractivity contribution is -0.138. The standard InChI is InChI=1S/C26H25F3N4O7/c1-38-17-6-7-20(19(12-17)26(27,28)29)40-16-4-2-15(3-5-16)13-30-23(36)25(8-10-39-11-9-25)33-22(35)18-14-31-24(37)32-21(18)34/h2-7,12,14H,8-11,13H2,1H3,(H,30,36)(H,33,35)(H2,31,32,34,37). The van der Waals surface area contributed by atoms with Crippen LogP contribution in [0.15, 0.2) is 58.3 Å². The van der Waals surface area contributed by atoms with Crippen LogP contribution in [0.2, 0.25) is 0 Å². The van der Waals surface area contributed by atoms with Crippen molar-refractivity contribution in [2.24, 2.45) is 0 Å². The van der Waals surface area contributed by atoms with Crippen molar-refractivity contribution in [3.8, 4) is 17.2 Å². The first kappa shape index (κ1) is 28.4. The number of methoxy groups -OCH3 is 1. The molecular weight excluding hydrogens is 537 g/mol. The van der Waals surface area contributed by atoms with Crippen molar-refractivity contribution in [2.75, 3.05) is 20.3 Å². The summed E-state index contributed by atoms with van der Waals surface area (Å²) in [7, 11) is 1.26. The van der Waals surface area contributed by atoms with Crippen LogP contribution >= 0.6 is 0 Å². The molecule has 0 unspecified atom stereocenters. The first-order valence-electron chi connectivity index (χ1n) is 12.0. The fourth-order valence-corrected chi connectivity index (χ4v) is 4.09. The van der Waals surface area contributed by atoms with Gasteiger partial charge in [0.1, 0.15) is 33.9 Å². The Morgan fingerprint density at radius 2 is 1.73 bits per heavy atom. The fourth-order valence-electron chi connectivity index (χ4n) is 4.09. The van der Waals surface area contributed by atoms with E-state index in [-0.39, 0.29) is 49.7 Å². The van der Waals surface area contributed by atoms with Crippen molar-refractivity contribution in [2.45, 2.75) is 31.1 Å². The summed E-state index contributed by atoms with van der Waals surface area (Å²) in [5.74, 6) is -1.57. The van der Waals surface area contributed by atoms with Crippen LogP contribution in [0.3, 0.4) is 0 Å². The van der Waals surface area contributed by atoms with E-state index in [2.05, 4.69) is 15.6 Å². The molecule has 40 heavy (non-hydrogen) atoms. The van der Waals surface area contributed by atoms with Crippen molar-refractivity contribution in [1.82, 2.24) is 20.6 Å². The third-order valence-electron chi connectivity index (χ3n) is 6.29. The molecule has 2 heterocycles. The summed E-state index contributed by atoms with van der Waals surface area (Å²) in [5, 5.41) is 5.36. The van der Waals surface area contributed by atoms with Gasteiger partial charge in [-0.05, 0) is 35.9 Å². The number of carbonyl (C=O) groups excluding carboxylic acids is 2. The predicted octanol–water partition coefficient (Wildman–Crippen LogP) is 2.48. The molecular formula is C26H25F3N4O7. The van der Waals surface area contributed by atoms with Crippen LogP contribution in [0.4, 0.5) is 13.2 Å². The number of aromatic nitrogens is 2. The zero-order valence-electron chi connectivity index (χ0n) is 21.1. The van der Waals surface area contributed by atoms with Crippen molar-refractivity contribution in [1.29, 1.82) is 0 Å². The number of aromatic amines is 2. The highest BCUT2D eigenvalue weighted by Crippen LogP contribution is 2.40. The number of hydrogen-bond acceptors (Lipinski definition) is 7. The zero-order valence-corrected chi connectivity index (χ0v) is 21.1. The van der Waals surface area contributed by atoms with Gasteiger partial charge in [-0.3, -0.25) is 19.4 Å². The molecule has 1 saturated heterocycles. The molecule has 0 atom stereocenters. The first-order valence-corrected chi connectivity index (χ1v) is 12.0. The summed E-state index contributed by atoms with van der Waals surface area (Å²) in [6.45, 7) is 0.410. The number of ether oxygens (including phenoxy) is 3. The molecule has 2 amide bonds. The minimum atomic E-state index is -4.66. The maximum atomic E-state index is 13.5. The number of carbonyl (C=O) groups is 2. The second kappa shape index (κ2) is 11.7. The molecule has 0 spiro atoms. The van der Waals surface area contributed by atoms with Crippen LogP contribution in [0.5, 0.6) is 17.2 Å². The summed E-state index contributed by atoms with van der Waals surface area (Å²) < 4.78 is 56.0. The Balaban J connectivity index is 1.44. The number of hydrogen-bond donors (Lipinski definition) is 4. The maximum Gasteiger partial charge on any atom is 0.420 e. The van der Waals surface area contributed by atoms with Crippen LogP contribution in [0, 0.1) is 0 Å². The molecule has 3 aromatic rings. The molecule has 1 fully saturated rings. The summed E-state index contributed by atoms with van der Waals surface area (Å²) >= 11 is 0. The Morgan fingerprint density at radius 3 is 2.35 bits per heavy atom. The Morgan fingerprint density at radius 1 is 1.05 bits per heavy atom. The SMILES string of the molecule is COc1ccc(Oc2ccc(CNC(=O)C3(NC(=O)c4c[nH]c(=O)[nH]c4=O)CCOCC3)cc2)c(C(F)(F)F)c1. The van der Waals surface area contributed by atoms with Crippen molar-refractivity contribution >= 4 is 11.8 Å². The average molecular weight is 563 g/mol. The molecule has 212 valence electrons. The third-order valence-corrected chi connectivity index (χ3v) is 6.29. The summed E-state index contributed by atoms with van der Waals surface area (Å²) in [6, 6.07) is 9.42. The number of alkyl halides is 3. The molecule has 1 aliphatic rings. The van der Waals surface area contributed by atoms with E-state index in [0.717, 1.165) is 12.3 Å². The monoisotopic (exact) mass is 562 g/mol. The van der Waals surface area contributed by atoms with Gasteiger partial charge in [0.15, 0.2) is 0 Å². The van der Waals surface area contributed by atoms with Crippen LogP contribution in [0.1, 0.15) is 34.3 Å². The molecule has 1 aliphatic heterocycles. The summed E-state index contributed by atoms with van der Waals surface area (Å²) in [6.07, 6.45) is -3.41. The molecule has 4 rings (SSSR count). The van der Waals surface area contributed by atoms with E-state index in [9.17, 15) is 32.3 Å². The topological polar surface area (TPSA) is 152 Å². The van der Waals surface area contributed by atoms with Crippen LogP contribution in [-0.4, -0.2) is 47.6 Å². The summed E-state index contributed by atoms with van der Waals surface area (Å²) in [5.41, 5.74) is -3.79. The highest BCUT2D eigenvalue weighted by atomic mass is 19.4. The zero-order chi connectivity index (χ0) is 28.9. The van der Waals surface area contributed by atoms with E-state index >= 15 is 0 Å². The minimum absolute atomic E-state index is 0.0349. The second-order valence-corrected chi connectivity index (χ2v) is 8.92. The van der Waals surface area contributed by atoms with E-state index in [1.807, 2.05) is 4.98 Å². The van der Waals surface area contributed by atoms with Crippen LogP contribution in [-0.2, 0) is 22.3 Å². The van der Waals surface area contributed by atoms with Gasteiger partial charge in [0.2, 0.25) is 5.91 Å². The largest absolute Gasteiger partial charge is 0.497 e. The number of nitrogens with one attached hydrogen (secondary N) is 4. The van der Waals surface area contributed by atoms with Crippen molar-refractivity contribution < 1.29 is 37.0 Å². The maximum absolute atomic E-state index is 13.5. The van der Waals surface area contributed by atoms with E-state index < -0.39 is 46.1 Å². The minimum Gasteiger partial charge on any atom is -0.497 e. The molecule has 1 aromatic heterocycles. The van der Waals surface area contributed by atoms with Crippen molar-refractivity contribution in [3.05, 3.63) is 86.2 Å². The first-order chi connectivity index (χ1) is 19.0. The highest BCUT2D eigenvalue weighted by molar-refractivity contribution is 5.98. The lowest BCUT2D eigenvalue weighted by Gasteiger charge is -2.36. The molecule has 0 radical (unpaired) electrons. The van der Waals surface area contributed by atoms with Crippen LogP contribution in [0.25, 0.3) is 0 Å². The normalized spacial score (nSPS) is 14.7. The van der Waals surface area contributed by atoms with Gasteiger partial charge in [-0.1, -0.05) is 12.1 Å². The van der Waals surface area contributed by atoms with Crippen LogP contribution < -0.4 is 31.4 Å². The summed E-state index contributed by atoms with van der Waals surface area (Å²) in [4.78, 5) is 53.4. The molecule has 0 aliphatic carbocycles. The van der Waals surface area contributed by atoms with Gasteiger partial charge in [-0.2, -0.15) is 13.2 Å². The van der Waals surface area contributed by atoms with E-state index in [0.29, 0.717) is 5.56 Å². The van der Waals surface area contributed by atoms with E-state index in [1.54, 1.807) is 12.1 Å². The fraction of sp³-hybridized carbons (Fsp3) is 0.308. The van der Waals surface area contributed by atoms with Gasteiger partial charge in [0.05, 0.1) is 7.11 Å². The lowest BCUT2D eigenvalue weighted by Crippen LogP contribution is -2.61. The predicted molar refractivity (Wildman–Crippen MR) is 134 cm³/mol. The molecule has 0 saturated carbocycles. The Kier molecular flexibility index (Phi) is 8.28.